The molecule has 1 aliphatic rings. The highest BCUT2D eigenvalue weighted by Gasteiger charge is 2.21. The van der Waals surface area contributed by atoms with Crippen LogP contribution < -0.4 is 24.4 Å². The molecule has 1 heterocycles. The molecule has 0 aromatic heterocycles. The van der Waals surface area contributed by atoms with E-state index in [0.717, 1.165) is 38.4 Å². The van der Waals surface area contributed by atoms with Crippen molar-refractivity contribution in [1.29, 1.82) is 0 Å². The average molecular weight is 462 g/mol. The van der Waals surface area contributed by atoms with Crippen molar-refractivity contribution in [3.8, 4) is 17.2 Å². The van der Waals surface area contributed by atoms with Crippen molar-refractivity contribution in [2.24, 2.45) is 0 Å². The van der Waals surface area contributed by atoms with Crippen LogP contribution in [0.25, 0.3) is 0 Å². The van der Waals surface area contributed by atoms with Crippen molar-refractivity contribution in [1.82, 2.24) is 4.90 Å². The van der Waals surface area contributed by atoms with Gasteiger partial charge in [-0.25, -0.2) is 0 Å². The summed E-state index contributed by atoms with van der Waals surface area (Å²) in [5.74, 6) is 0.952. The van der Waals surface area contributed by atoms with Crippen LogP contribution in [0.3, 0.4) is 0 Å². The zero-order valence-electron chi connectivity index (χ0n) is 19.9. The van der Waals surface area contributed by atoms with Crippen molar-refractivity contribution in [2.45, 2.75) is 6.54 Å². The van der Waals surface area contributed by atoms with Gasteiger partial charge in [0.15, 0.2) is 11.5 Å². The van der Waals surface area contributed by atoms with E-state index >= 15 is 0 Å². The van der Waals surface area contributed by atoms with E-state index in [1.165, 1.54) is 19.8 Å². The monoisotopic (exact) mass is 461 g/mol. The number of hydrogen-bond donors (Lipinski definition) is 1. The Bertz CT molecular complexity index is 1090. The van der Waals surface area contributed by atoms with E-state index in [1.807, 2.05) is 24.3 Å². The number of carbonyl (C=O) groups excluding carboxylic acids is 1. The zero-order valence-corrected chi connectivity index (χ0v) is 19.9. The molecule has 0 atom stereocenters. The van der Waals surface area contributed by atoms with Gasteiger partial charge in [0.05, 0.1) is 26.9 Å². The van der Waals surface area contributed by atoms with Gasteiger partial charge in [0.25, 0.3) is 5.91 Å². The van der Waals surface area contributed by atoms with Crippen molar-refractivity contribution < 1.29 is 19.0 Å². The maximum atomic E-state index is 12.9. The van der Waals surface area contributed by atoms with Crippen molar-refractivity contribution in [2.75, 3.05) is 57.7 Å². The van der Waals surface area contributed by atoms with Crippen molar-refractivity contribution in [3.05, 3.63) is 77.9 Å². The topological polar surface area (TPSA) is 63.3 Å². The third-order valence-electron chi connectivity index (χ3n) is 6.06. The Balaban J connectivity index is 1.37. The second kappa shape index (κ2) is 10.9. The van der Waals surface area contributed by atoms with Gasteiger partial charge in [-0.15, -0.1) is 0 Å². The van der Waals surface area contributed by atoms with Crippen LogP contribution in [0.5, 0.6) is 17.2 Å². The van der Waals surface area contributed by atoms with Gasteiger partial charge >= 0.3 is 0 Å². The lowest BCUT2D eigenvalue weighted by Crippen LogP contribution is -2.45. The van der Waals surface area contributed by atoms with E-state index in [0.29, 0.717) is 28.5 Å². The first-order chi connectivity index (χ1) is 16.6. The summed E-state index contributed by atoms with van der Waals surface area (Å²) in [6.07, 6.45) is 0. The number of hydrogen-bond acceptors (Lipinski definition) is 6. The predicted molar refractivity (Wildman–Crippen MR) is 134 cm³/mol. The predicted octanol–water partition coefficient (Wildman–Crippen LogP) is 4.29. The molecule has 3 aromatic carbocycles. The lowest BCUT2D eigenvalue weighted by Gasteiger charge is -2.36. The molecule has 1 aliphatic heterocycles. The molecule has 1 saturated heterocycles. The van der Waals surface area contributed by atoms with Crippen LogP contribution in [-0.2, 0) is 6.54 Å². The second-order valence-corrected chi connectivity index (χ2v) is 8.13. The highest BCUT2D eigenvalue weighted by molar-refractivity contribution is 6.07. The van der Waals surface area contributed by atoms with Crippen molar-refractivity contribution in [3.63, 3.8) is 0 Å². The van der Waals surface area contributed by atoms with Gasteiger partial charge in [-0.1, -0.05) is 30.3 Å². The van der Waals surface area contributed by atoms with E-state index in [1.54, 1.807) is 19.2 Å². The van der Waals surface area contributed by atoms with Crippen LogP contribution in [0.4, 0.5) is 11.4 Å². The first-order valence-electron chi connectivity index (χ1n) is 11.3. The molecule has 1 N–H and O–H groups in total. The Labute approximate surface area is 200 Å². The van der Waals surface area contributed by atoms with E-state index in [9.17, 15) is 4.79 Å². The van der Waals surface area contributed by atoms with Crippen LogP contribution in [0.15, 0.2) is 66.7 Å². The second-order valence-electron chi connectivity index (χ2n) is 8.13. The molecule has 178 valence electrons. The number of nitrogens with zero attached hydrogens (tertiary/aromatic N) is 2. The Kier molecular flexibility index (Phi) is 7.54. The standard InChI is InChI=1S/C27H31N3O4/c1-32-24-14-13-23(25(33-2)26(24)34-3)27(31)28-21-9-11-22(12-10-21)30-17-15-29(16-18-30)19-20-7-5-4-6-8-20/h4-14H,15-19H2,1-3H3,(H,28,31). The number of anilines is 2. The maximum Gasteiger partial charge on any atom is 0.259 e. The molecule has 0 saturated carbocycles. The molecule has 1 fully saturated rings. The number of nitrogens with one attached hydrogen (secondary N) is 1. The van der Waals surface area contributed by atoms with E-state index < -0.39 is 0 Å². The Hall–Kier alpha value is -3.71. The summed E-state index contributed by atoms with van der Waals surface area (Å²) in [7, 11) is 4.56. The first-order valence-corrected chi connectivity index (χ1v) is 11.3. The normalized spacial score (nSPS) is 13.9. The van der Waals surface area contributed by atoms with Gasteiger partial charge in [0.2, 0.25) is 5.75 Å². The van der Waals surface area contributed by atoms with Crippen LogP contribution in [-0.4, -0.2) is 58.3 Å². The molecule has 0 spiro atoms. The van der Waals surface area contributed by atoms with Gasteiger partial charge in [-0.3, -0.25) is 9.69 Å². The lowest BCUT2D eigenvalue weighted by molar-refractivity contribution is 0.102. The summed E-state index contributed by atoms with van der Waals surface area (Å²) in [5.41, 5.74) is 3.59. The minimum absolute atomic E-state index is 0.278. The average Bonchev–Trinajstić information content (AvgIpc) is 2.89. The van der Waals surface area contributed by atoms with E-state index in [4.69, 9.17) is 14.2 Å². The number of benzene rings is 3. The third-order valence-corrected chi connectivity index (χ3v) is 6.06. The highest BCUT2D eigenvalue weighted by Crippen LogP contribution is 2.40. The molecule has 7 heteroatoms. The van der Waals surface area contributed by atoms with E-state index in [2.05, 4.69) is 45.4 Å². The Morgan fingerprint density at radius 1 is 0.794 bits per heavy atom. The summed E-state index contributed by atoms with van der Waals surface area (Å²) in [4.78, 5) is 17.8. The molecule has 1 amide bonds. The van der Waals surface area contributed by atoms with Gasteiger partial charge in [0.1, 0.15) is 0 Å². The molecule has 0 bridgehead atoms. The summed E-state index contributed by atoms with van der Waals surface area (Å²) < 4.78 is 16.1. The van der Waals surface area contributed by atoms with Gasteiger partial charge in [-0.2, -0.15) is 0 Å². The number of ether oxygens (including phenoxy) is 3. The van der Waals surface area contributed by atoms with Gasteiger partial charge in [0, 0.05) is 44.1 Å². The van der Waals surface area contributed by atoms with Crippen molar-refractivity contribution >= 4 is 17.3 Å². The van der Waals surface area contributed by atoms with E-state index in [-0.39, 0.29) is 5.91 Å². The SMILES string of the molecule is COc1ccc(C(=O)Nc2ccc(N3CCN(Cc4ccccc4)CC3)cc2)c(OC)c1OC. The minimum Gasteiger partial charge on any atom is -0.493 e. The fourth-order valence-corrected chi connectivity index (χ4v) is 4.24. The zero-order chi connectivity index (χ0) is 23.9. The Morgan fingerprint density at radius 2 is 1.47 bits per heavy atom. The van der Waals surface area contributed by atoms with Crippen LogP contribution in [0.1, 0.15) is 15.9 Å². The third kappa shape index (κ3) is 5.26. The summed E-state index contributed by atoms with van der Waals surface area (Å²) in [6, 6.07) is 21.9. The fourth-order valence-electron chi connectivity index (χ4n) is 4.24. The summed E-state index contributed by atoms with van der Waals surface area (Å²) >= 11 is 0. The molecule has 0 unspecified atom stereocenters. The molecule has 4 rings (SSSR count). The number of amides is 1. The summed E-state index contributed by atoms with van der Waals surface area (Å²) in [5, 5.41) is 2.94. The minimum atomic E-state index is -0.278. The fraction of sp³-hybridized carbons (Fsp3) is 0.296. The lowest BCUT2D eigenvalue weighted by atomic mass is 10.1. The van der Waals surface area contributed by atoms with Crippen LogP contribution in [0, 0.1) is 0 Å². The first kappa shape index (κ1) is 23.4. The molecular formula is C27H31N3O4. The van der Waals surface area contributed by atoms with Gasteiger partial charge in [-0.05, 0) is 42.0 Å². The molecule has 0 radical (unpaired) electrons. The molecule has 7 nitrogen and oxygen atoms in total. The maximum absolute atomic E-state index is 12.9. The quantitative estimate of drug-likeness (QED) is 0.540. The number of carbonyl (C=O) groups is 1. The van der Waals surface area contributed by atoms with Crippen LogP contribution in [0.2, 0.25) is 0 Å². The van der Waals surface area contributed by atoms with Crippen LogP contribution >= 0.6 is 0 Å². The molecule has 3 aromatic rings. The largest absolute Gasteiger partial charge is 0.493 e. The number of methoxy groups -OCH3 is 3. The van der Waals surface area contributed by atoms with Gasteiger partial charge < -0.3 is 24.4 Å². The molecule has 34 heavy (non-hydrogen) atoms. The number of rotatable bonds is 8. The Morgan fingerprint density at radius 3 is 2.09 bits per heavy atom. The summed E-state index contributed by atoms with van der Waals surface area (Å²) in [6.45, 7) is 4.97. The molecular weight excluding hydrogens is 430 g/mol. The number of piperazine rings is 1. The smallest absolute Gasteiger partial charge is 0.259 e. The molecule has 0 aliphatic carbocycles. The highest BCUT2D eigenvalue weighted by atomic mass is 16.5.